The molecule has 0 radical (unpaired) electrons. The predicted octanol–water partition coefficient (Wildman–Crippen LogP) is 3.85. The number of anilines is 1. The number of hydrogen-bond acceptors (Lipinski definition) is 9. The predicted molar refractivity (Wildman–Crippen MR) is 124 cm³/mol. The van der Waals surface area contributed by atoms with Crippen LogP contribution in [0.25, 0.3) is 0 Å². The number of carbonyl (C=O) groups is 1. The smallest absolute Gasteiger partial charge is 0.269 e. The van der Waals surface area contributed by atoms with Gasteiger partial charge < -0.3 is 9.88 Å². The summed E-state index contributed by atoms with van der Waals surface area (Å²) in [4.78, 5) is 31.9. The molecule has 1 N–H and O–H groups in total. The molecule has 0 fully saturated rings. The maximum Gasteiger partial charge on any atom is 0.269 e. The molecule has 3 rings (SSSR count). The van der Waals surface area contributed by atoms with Crippen LogP contribution in [0.15, 0.2) is 34.6 Å². The molecule has 1 amide bonds. The monoisotopic (exact) mass is 473 g/mol. The van der Waals surface area contributed by atoms with E-state index in [1.165, 1.54) is 41.7 Å². The SMILES string of the molecule is Cc1cc(C)nc(SCc2nnc(SC(C)C(=O)Nc3ccc([N+](=O)[O-])cc3C)n2C)n1. The van der Waals surface area contributed by atoms with E-state index in [1.54, 1.807) is 13.8 Å². The molecule has 0 aliphatic carbocycles. The number of nitrogens with zero attached hydrogens (tertiary/aromatic N) is 6. The van der Waals surface area contributed by atoms with E-state index in [0.717, 1.165) is 17.2 Å². The molecule has 10 nitrogen and oxygen atoms in total. The highest BCUT2D eigenvalue weighted by atomic mass is 32.2. The van der Waals surface area contributed by atoms with E-state index in [9.17, 15) is 14.9 Å². The summed E-state index contributed by atoms with van der Waals surface area (Å²) < 4.78 is 1.85. The van der Waals surface area contributed by atoms with Gasteiger partial charge in [-0.3, -0.25) is 14.9 Å². The first-order chi connectivity index (χ1) is 15.1. The van der Waals surface area contributed by atoms with Gasteiger partial charge in [0.15, 0.2) is 10.3 Å². The number of carbonyl (C=O) groups excluding carboxylic acids is 1. The molecule has 2 heterocycles. The van der Waals surface area contributed by atoms with Crippen LogP contribution in [-0.4, -0.2) is 40.8 Å². The molecule has 1 aromatic carbocycles. The van der Waals surface area contributed by atoms with Gasteiger partial charge in [-0.25, -0.2) is 9.97 Å². The minimum atomic E-state index is -0.465. The Balaban J connectivity index is 1.61. The standard InChI is InChI=1S/C20H23N7O3S2/c1-11-8-15(27(29)30)6-7-16(11)23-18(28)14(4)32-20-25-24-17(26(20)5)10-31-19-21-12(2)9-13(3)22-19/h6-9,14H,10H2,1-5H3,(H,23,28). The van der Waals surface area contributed by atoms with Gasteiger partial charge in [-0.15, -0.1) is 10.2 Å². The Kier molecular flexibility index (Phi) is 7.46. The van der Waals surface area contributed by atoms with Crippen LogP contribution >= 0.6 is 23.5 Å². The zero-order valence-electron chi connectivity index (χ0n) is 18.3. The van der Waals surface area contributed by atoms with Crippen molar-refractivity contribution < 1.29 is 9.72 Å². The van der Waals surface area contributed by atoms with Crippen molar-refractivity contribution in [2.24, 2.45) is 7.05 Å². The highest BCUT2D eigenvalue weighted by Gasteiger charge is 2.20. The number of benzene rings is 1. The summed E-state index contributed by atoms with van der Waals surface area (Å²) in [6, 6.07) is 6.26. The number of rotatable bonds is 8. The first-order valence-corrected chi connectivity index (χ1v) is 11.6. The molecule has 0 aliphatic heterocycles. The van der Waals surface area contributed by atoms with Gasteiger partial charge in [-0.2, -0.15) is 0 Å². The molecule has 0 bridgehead atoms. The molecular weight excluding hydrogens is 450 g/mol. The summed E-state index contributed by atoms with van der Waals surface area (Å²) in [6.07, 6.45) is 0. The largest absolute Gasteiger partial charge is 0.325 e. The number of aryl methyl sites for hydroxylation is 3. The van der Waals surface area contributed by atoms with Gasteiger partial charge in [0.1, 0.15) is 5.82 Å². The molecule has 1 atom stereocenters. The van der Waals surface area contributed by atoms with Crippen molar-refractivity contribution in [2.45, 2.75) is 49.0 Å². The van der Waals surface area contributed by atoms with Crippen LogP contribution in [0.1, 0.15) is 29.7 Å². The Morgan fingerprint density at radius 3 is 2.50 bits per heavy atom. The highest BCUT2D eigenvalue weighted by molar-refractivity contribution is 8.00. The van der Waals surface area contributed by atoms with Gasteiger partial charge in [-0.1, -0.05) is 23.5 Å². The van der Waals surface area contributed by atoms with Crippen molar-refractivity contribution in [3.63, 3.8) is 0 Å². The van der Waals surface area contributed by atoms with E-state index in [0.29, 0.717) is 27.3 Å². The van der Waals surface area contributed by atoms with Crippen molar-refractivity contribution in [1.82, 2.24) is 24.7 Å². The third-order valence-corrected chi connectivity index (χ3v) is 6.52. The lowest BCUT2D eigenvalue weighted by molar-refractivity contribution is -0.384. The highest BCUT2D eigenvalue weighted by Crippen LogP contribution is 2.26. The van der Waals surface area contributed by atoms with Gasteiger partial charge in [0, 0.05) is 36.3 Å². The molecule has 0 aliphatic rings. The van der Waals surface area contributed by atoms with E-state index < -0.39 is 10.2 Å². The van der Waals surface area contributed by atoms with Gasteiger partial charge in [0.25, 0.3) is 5.69 Å². The number of thioether (sulfide) groups is 2. The number of nitrogens with one attached hydrogen (secondary N) is 1. The Morgan fingerprint density at radius 2 is 1.88 bits per heavy atom. The van der Waals surface area contributed by atoms with E-state index in [2.05, 4.69) is 25.5 Å². The van der Waals surface area contributed by atoms with E-state index in [1.807, 2.05) is 31.5 Å². The van der Waals surface area contributed by atoms with Crippen molar-refractivity contribution >= 4 is 40.8 Å². The number of aromatic nitrogens is 5. The fraction of sp³-hybridized carbons (Fsp3) is 0.350. The number of amides is 1. The summed E-state index contributed by atoms with van der Waals surface area (Å²) in [5.41, 5.74) is 2.97. The molecule has 2 aromatic heterocycles. The average Bonchev–Trinajstić information content (AvgIpc) is 3.06. The second-order valence-electron chi connectivity index (χ2n) is 7.19. The third-order valence-electron chi connectivity index (χ3n) is 4.55. The summed E-state index contributed by atoms with van der Waals surface area (Å²) in [5.74, 6) is 1.07. The topological polar surface area (TPSA) is 129 Å². The Hall–Kier alpha value is -2.99. The number of nitro benzene ring substituents is 1. The molecular formula is C20H23N7O3S2. The summed E-state index contributed by atoms with van der Waals surface area (Å²) >= 11 is 2.77. The van der Waals surface area contributed by atoms with E-state index >= 15 is 0 Å². The molecule has 0 spiro atoms. The lowest BCUT2D eigenvalue weighted by Gasteiger charge is -2.13. The average molecular weight is 474 g/mol. The van der Waals surface area contributed by atoms with Crippen LogP contribution in [-0.2, 0) is 17.6 Å². The second-order valence-corrected chi connectivity index (χ2v) is 9.44. The third kappa shape index (κ3) is 5.82. The molecule has 0 saturated heterocycles. The molecule has 1 unspecified atom stereocenters. The molecule has 12 heteroatoms. The van der Waals surface area contributed by atoms with Crippen LogP contribution in [0.4, 0.5) is 11.4 Å². The van der Waals surface area contributed by atoms with Crippen LogP contribution in [0.2, 0.25) is 0 Å². The normalized spacial score (nSPS) is 11.9. The maximum absolute atomic E-state index is 12.6. The van der Waals surface area contributed by atoms with Crippen LogP contribution in [0.5, 0.6) is 0 Å². The lowest BCUT2D eigenvalue weighted by atomic mass is 10.2. The van der Waals surface area contributed by atoms with Gasteiger partial charge in [-0.05, 0) is 45.4 Å². The second kappa shape index (κ2) is 10.1. The summed E-state index contributed by atoms with van der Waals surface area (Å²) in [7, 11) is 1.85. The van der Waals surface area contributed by atoms with E-state index in [-0.39, 0.29) is 11.6 Å². The zero-order chi connectivity index (χ0) is 23.4. The number of hydrogen-bond donors (Lipinski definition) is 1. The Morgan fingerprint density at radius 1 is 1.19 bits per heavy atom. The fourth-order valence-electron chi connectivity index (χ4n) is 2.81. The zero-order valence-corrected chi connectivity index (χ0v) is 20.0. The van der Waals surface area contributed by atoms with Crippen molar-refractivity contribution in [3.8, 4) is 0 Å². The van der Waals surface area contributed by atoms with Crippen molar-refractivity contribution in [1.29, 1.82) is 0 Å². The molecule has 3 aromatic rings. The van der Waals surface area contributed by atoms with Gasteiger partial charge in [0.05, 0.1) is 15.9 Å². The van der Waals surface area contributed by atoms with Gasteiger partial charge >= 0.3 is 0 Å². The summed E-state index contributed by atoms with van der Waals surface area (Å²) in [5, 5.41) is 23.0. The summed E-state index contributed by atoms with van der Waals surface area (Å²) in [6.45, 7) is 7.35. The van der Waals surface area contributed by atoms with E-state index in [4.69, 9.17) is 0 Å². The fourth-order valence-corrected chi connectivity index (χ4v) is 4.57. The first kappa shape index (κ1) is 23.7. The number of non-ortho nitro benzene ring substituents is 1. The van der Waals surface area contributed by atoms with Gasteiger partial charge in [0.2, 0.25) is 5.91 Å². The number of nitro groups is 1. The van der Waals surface area contributed by atoms with Crippen LogP contribution in [0.3, 0.4) is 0 Å². The minimum Gasteiger partial charge on any atom is -0.325 e. The van der Waals surface area contributed by atoms with Crippen molar-refractivity contribution in [3.05, 3.63) is 57.2 Å². The molecule has 168 valence electrons. The minimum absolute atomic E-state index is 0.0152. The maximum atomic E-state index is 12.6. The molecule has 32 heavy (non-hydrogen) atoms. The first-order valence-electron chi connectivity index (χ1n) is 9.70. The quantitative estimate of drug-likeness (QED) is 0.224. The lowest BCUT2D eigenvalue weighted by Crippen LogP contribution is -2.23. The van der Waals surface area contributed by atoms with Crippen LogP contribution < -0.4 is 5.32 Å². The molecule has 0 saturated carbocycles. The Bertz CT molecular complexity index is 1150. The van der Waals surface area contributed by atoms with Crippen molar-refractivity contribution in [2.75, 3.05) is 5.32 Å². The Labute approximate surface area is 193 Å². The van der Waals surface area contributed by atoms with Crippen LogP contribution in [0, 0.1) is 30.9 Å².